The maximum absolute atomic E-state index is 13.3. The summed E-state index contributed by atoms with van der Waals surface area (Å²) in [7, 11) is 1.24. The standard InChI is InChI=1S/C25H26F6N2O5/c1-37-23(36)18-4-2-16(3-5-18)12-21(33-8-6-32(7-9-33)14-22(34)35)38-15-17-10-19(24(26,27)28)13-20(11-17)25(29,30)31/h2-5,10-11,13,21H,6-9,12,14-15H2,1H3,(H,34,35). The Hall–Kier alpha value is -3.16. The zero-order chi connectivity index (χ0) is 28.1. The van der Waals surface area contributed by atoms with Crippen molar-refractivity contribution < 1.29 is 50.5 Å². The second-order valence-corrected chi connectivity index (χ2v) is 8.78. The van der Waals surface area contributed by atoms with Crippen LogP contribution in [-0.4, -0.2) is 72.9 Å². The molecule has 2 aromatic rings. The van der Waals surface area contributed by atoms with Gasteiger partial charge < -0.3 is 14.6 Å². The van der Waals surface area contributed by atoms with E-state index in [1.54, 1.807) is 17.0 Å². The number of ether oxygens (including phenoxy) is 2. The Balaban J connectivity index is 1.82. The van der Waals surface area contributed by atoms with E-state index in [9.17, 15) is 35.9 Å². The van der Waals surface area contributed by atoms with E-state index in [1.165, 1.54) is 19.2 Å². The van der Waals surface area contributed by atoms with Gasteiger partial charge in [0.05, 0.1) is 37.0 Å². The number of methoxy groups -OCH3 is 1. The number of nitrogens with zero attached hydrogens (tertiary/aromatic N) is 2. The van der Waals surface area contributed by atoms with Crippen molar-refractivity contribution in [2.75, 3.05) is 39.8 Å². The first-order valence-corrected chi connectivity index (χ1v) is 11.5. The molecule has 7 nitrogen and oxygen atoms in total. The SMILES string of the molecule is COC(=O)c1ccc(CC(OCc2cc(C(F)(F)F)cc(C(F)(F)F)c2)N2CCN(CC(=O)O)CC2)cc1. The Kier molecular flexibility index (Phi) is 9.39. The molecule has 13 heteroatoms. The summed E-state index contributed by atoms with van der Waals surface area (Å²) in [6.07, 6.45) is -10.5. The molecule has 0 amide bonds. The van der Waals surface area contributed by atoms with Gasteiger partial charge >= 0.3 is 24.3 Å². The number of carbonyl (C=O) groups is 2. The highest BCUT2D eigenvalue weighted by Crippen LogP contribution is 2.36. The van der Waals surface area contributed by atoms with E-state index in [2.05, 4.69) is 4.74 Å². The molecule has 0 aliphatic carbocycles. The Bertz CT molecular complexity index is 1080. The Morgan fingerprint density at radius 2 is 1.45 bits per heavy atom. The fraction of sp³-hybridized carbons (Fsp3) is 0.440. The molecule has 0 bridgehead atoms. The lowest BCUT2D eigenvalue weighted by molar-refractivity contribution is -0.143. The summed E-state index contributed by atoms with van der Waals surface area (Å²) in [5, 5.41) is 9.01. The van der Waals surface area contributed by atoms with Crippen LogP contribution < -0.4 is 0 Å². The number of benzene rings is 2. The average Bonchev–Trinajstić information content (AvgIpc) is 2.85. The minimum Gasteiger partial charge on any atom is -0.480 e. The number of carboxylic acid groups (broad SMARTS) is 1. The Morgan fingerprint density at radius 1 is 0.895 bits per heavy atom. The number of hydrogen-bond acceptors (Lipinski definition) is 6. The van der Waals surface area contributed by atoms with Crippen molar-refractivity contribution in [1.29, 1.82) is 0 Å². The van der Waals surface area contributed by atoms with Gasteiger partial charge in [0.2, 0.25) is 0 Å². The van der Waals surface area contributed by atoms with Gasteiger partial charge in [-0.1, -0.05) is 12.1 Å². The van der Waals surface area contributed by atoms with Gasteiger partial charge in [-0.05, 0) is 41.5 Å². The maximum Gasteiger partial charge on any atom is 0.416 e. The van der Waals surface area contributed by atoms with Crippen LogP contribution in [-0.2, 0) is 39.6 Å². The molecule has 0 radical (unpaired) electrons. The largest absolute Gasteiger partial charge is 0.480 e. The first-order chi connectivity index (χ1) is 17.8. The van der Waals surface area contributed by atoms with Crippen LogP contribution in [0.3, 0.4) is 0 Å². The molecule has 38 heavy (non-hydrogen) atoms. The number of carbonyl (C=O) groups excluding carboxylic acids is 1. The first-order valence-electron chi connectivity index (χ1n) is 11.5. The van der Waals surface area contributed by atoms with Gasteiger partial charge in [-0.2, -0.15) is 26.3 Å². The smallest absolute Gasteiger partial charge is 0.416 e. The van der Waals surface area contributed by atoms with Crippen LogP contribution in [0.2, 0.25) is 0 Å². The van der Waals surface area contributed by atoms with Gasteiger partial charge in [-0.3, -0.25) is 14.6 Å². The molecule has 1 saturated heterocycles. The van der Waals surface area contributed by atoms with E-state index in [0.717, 1.165) is 0 Å². The van der Waals surface area contributed by atoms with E-state index in [1.807, 2.05) is 4.90 Å². The zero-order valence-corrected chi connectivity index (χ0v) is 20.3. The highest BCUT2D eigenvalue weighted by atomic mass is 19.4. The molecule has 0 saturated carbocycles. The number of esters is 1. The second-order valence-electron chi connectivity index (χ2n) is 8.78. The highest BCUT2D eigenvalue weighted by molar-refractivity contribution is 5.89. The van der Waals surface area contributed by atoms with Crippen molar-refractivity contribution >= 4 is 11.9 Å². The molecule has 0 spiro atoms. The van der Waals surface area contributed by atoms with Gasteiger partial charge in [0.25, 0.3) is 0 Å². The van der Waals surface area contributed by atoms with Crippen molar-refractivity contribution in [2.24, 2.45) is 0 Å². The fourth-order valence-corrected chi connectivity index (χ4v) is 4.09. The van der Waals surface area contributed by atoms with Crippen LogP contribution in [0.5, 0.6) is 0 Å². The van der Waals surface area contributed by atoms with Gasteiger partial charge in [0.15, 0.2) is 0 Å². The van der Waals surface area contributed by atoms with Crippen LogP contribution in [0.15, 0.2) is 42.5 Å². The van der Waals surface area contributed by atoms with Crippen LogP contribution in [0.4, 0.5) is 26.3 Å². The highest BCUT2D eigenvalue weighted by Gasteiger charge is 2.37. The molecule has 1 atom stereocenters. The van der Waals surface area contributed by atoms with Crippen LogP contribution in [0.25, 0.3) is 0 Å². The summed E-state index contributed by atoms with van der Waals surface area (Å²) >= 11 is 0. The van der Waals surface area contributed by atoms with Gasteiger partial charge in [0, 0.05) is 32.6 Å². The summed E-state index contributed by atoms with van der Waals surface area (Å²) in [5.41, 5.74) is -2.13. The predicted molar refractivity (Wildman–Crippen MR) is 122 cm³/mol. The van der Waals surface area contributed by atoms with Crippen LogP contribution >= 0.6 is 0 Å². The minimum atomic E-state index is -4.97. The average molecular weight is 548 g/mol. The third kappa shape index (κ3) is 8.17. The van der Waals surface area contributed by atoms with Gasteiger partial charge in [-0.15, -0.1) is 0 Å². The molecule has 1 aliphatic heterocycles. The van der Waals surface area contributed by atoms with Crippen molar-refractivity contribution in [3.63, 3.8) is 0 Å². The molecule has 1 unspecified atom stereocenters. The van der Waals surface area contributed by atoms with Gasteiger partial charge in [0.1, 0.15) is 6.23 Å². The van der Waals surface area contributed by atoms with Crippen molar-refractivity contribution in [1.82, 2.24) is 9.80 Å². The van der Waals surface area contributed by atoms with E-state index in [4.69, 9.17) is 9.84 Å². The number of rotatable bonds is 9. The predicted octanol–water partition coefficient (Wildman–Crippen LogP) is 4.30. The summed E-state index contributed by atoms with van der Waals surface area (Å²) in [5.74, 6) is -1.52. The lowest BCUT2D eigenvalue weighted by Gasteiger charge is -2.38. The van der Waals surface area contributed by atoms with E-state index in [-0.39, 0.29) is 24.6 Å². The number of carboxylic acids is 1. The molecular weight excluding hydrogens is 522 g/mol. The Labute approximate surface area is 214 Å². The van der Waals surface area contributed by atoms with Crippen molar-refractivity contribution in [3.05, 3.63) is 70.3 Å². The topological polar surface area (TPSA) is 79.3 Å². The zero-order valence-electron chi connectivity index (χ0n) is 20.3. The van der Waals surface area contributed by atoms with E-state index in [0.29, 0.717) is 49.4 Å². The minimum absolute atomic E-state index is 0.0610. The summed E-state index contributed by atoms with van der Waals surface area (Å²) in [6, 6.07) is 7.68. The normalized spacial score (nSPS) is 16.3. The Morgan fingerprint density at radius 3 is 1.92 bits per heavy atom. The molecule has 1 N–H and O–H groups in total. The first kappa shape index (κ1) is 29.4. The molecular formula is C25H26F6N2O5. The van der Waals surface area contributed by atoms with Crippen LogP contribution in [0.1, 0.15) is 32.6 Å². The molecule has 1 heterocycles. The van der Waals surface area contributed by atoms with Crippen LogP contribution in [0, 0.1) is 0 Å². The second kappa shape index (κ2) is 12.1. The number of hydrogen-bond donors (Lipinski definition) is 1. The molecule has 2 aromatic carbocycles. The quantitative estimate of drug-likeness (QED) is 0.370. The molecule has 208 valence electrons. The summed E-state index contributed by atoms with van der Waals surface area (Å²) in [4.78, 5) is 26.3. The van der Waals surface area contributed by atoms with Crippen molar-refractivity contribution in [2.45, 2.75) is 31.6 Å². The van der Waals surface area contributed by atoms with E-state index < -0.39 is 48.3 Å². The number of aliphatic carboxylic acids is 1. The molecule has 3 rings (SSSR count). The molecule has 0 aromatic heterocycles. The van der Waals surface area contributed by atoms with Gasteiger partial charge in [-0.25, -0.2) is 4.79 Å². The molecule has 1 fully saturated rings. The summed E-state index contributed by atoms with van der Waals surface area (Å²) in [6.45, 7) is 0.833. The lowest BCUT2D eigenvalue weighted by atomic mass is 10.0. The lowest BCUT2D eigenvalue weighted by Crippen LogP contribution is -2.52. The third-order valence-corrected chi connectivity index (χ3v) is 6.05. The number of halogens is 6. The maximum atomic E-state index is 13.3. The fourth-order valence-electron chi connectivity index (χ4n) is 4.09. The monoisotopic (exact) mass is 548 g/mol. The van der Waals surface area contributed by atoms with E-state index >= 15 is 0 Å². The molecule has 1 aliphatic rings. The third-order valence-electron chi connectivity index (χ3n) is 6.05. The summed E-state index contributed by atoms with van der Waals surface area (Å²) < 4.78 is 90.1. The number of alkyl halides is 6. The number of piperazine rings is 1. The van der Waals surface area contributed by atoms with Crippen molar-refractivity contribution in [3.8, 4) is 0 Å².